The van der Waals surface area contributed by atoms with E-state index in [1.54, 1.807) is 6.07 Å². The van der Waals surface area contributed by atoms with Gasteiger partial charge < -0.3 is 15.1 Å². The summed E-state index contributed by atoms with van der Waals surface area (Å²) in [5.74, 6) is 0.789. The van der Waals surface area contributed by atoms with Gasteiger partial charge in [0, 0.05) is 51.7 Å². The maximum atomic E-state index is 14.0. The monoisotopic (exact) mass is 369 g/mol. The molecular weight excluding hydrogens is 341 g/mol. The first-order chi connectivity index (χ1) is 13.2. The zero-order chi connectivity index (χ0) is 19.1. The highest BCUT2D eigenvalue weighted by Gasteiger charge is 2.21. The van der Waals surface area contributed by atoms with Crippen molar-refractivity contribution < 1.29 is 4.39 Å². The second-order valence-electron chi connectivity index (χ2n) is 6.71. The number of piperazine rings is 1. The van der Waals surface area contributed by atoms with Crippen LogP contribution in [0.2, 0.25) is 0 Å². The fourth-order valence-electron chi connectivity index (χ4n) is 3.36. The van der Waals surface area contributed by atoms with Gasteiger partial charge in [-0.25, -0.2) is 4.39 Å². The highest BCUT2D eigenvalue weighted by atomic mass is 19.1. The normalized spacial score (nSPS) is 15.1. The van der Waals surface area contributed by atoms with Crippen molar-refractivity contribution in [2.45, 2.75) is 20.3 Å². The molecule has 1 N–H and O–H groups in total. The lowest BCUT2D eigenvalue weighted by atomic mass is 10.1. The van der Waals surface area contributed by atoms with Crippen molar-refractivity contribution in [1.82, 2.24) is 15.2 Å². The molecule has 1 fully saturated rings. The molecule has 27 heavy (non-hydrogen) atoms. The molecule has 3 rings (SSSR count). The van der Waals surface area contributed by atoms with Gasteiger partial charge >= 0.3 is 0 Å². The molecule has 0 amide bonds. The first-order valence-electron chi connectivity index (χ1n) is 9.61. The van der Waals surface area contributed by atoms with Crippen molar-refractivity contribution in [3.05, 3.63) is 59.7 Å². The van der Waals surface area contributed by atoms with Crippen molar-refractivity contribution in [1.29, 1.82) is 0 Å². The minimum absolute atomic E-state index is 0.153. The standard InChI is InChI=1S/C21H28FN5/c1-3-24-21(25-11-9-18-8-10-23-16-17(18)2)27-14-12-26(13-15-27)20-7-5-4-6-19(20)22/h4-8,10,16H,3,9,11-15H2,1-2H3,(H,24,25). The Bertz CT molecular complexity index is 769. The van der Waals surface area contributed by atoms with Gasteiger partial charge in [0.1, 0.15) is 5.82 Å². The van der Waals surface area contributed by atoms with E-state index in [2.05, 4.69) is 40.0 Å². The Kier molecular flexibility index (Phi) is 6.63. The smallest absolute Gasteiger partial charge is 0.194 e. The Hall–Kier alpha value is -2.63. The molecule has 0 saturated carbocycles. The van der Waals surface area contributed by atoms with E-state index in [4.69, 9.17) is 4.99 Å². The lowest BCUT2D eigenvalue weighted by molar-refractivity contribution is 0.371. The summed E-state index contributed by atoms with van der Waals surface area (Å²) in [6.45, 7) is 8.96. The third kappa shape index (κ3) is 4.96. The number of benzene rings is 1. The third-order valence-electron chi connectivity index (χ3n) is 4.89. The molecule has 2 heterocycles. The Morgan fingerprint density at radius 3 is 2.67 bits per heavy atom. The molecule has 1 saturated heterocycles. The number of hydrogen-bond donors (Lipinski definition) is 1. The molecule has 2 aromatic rings. The van der Waals surface area contributed by atoms with Gasteiger partial charge in [-0.1, -0.05) is 12.1 Å². The fraction of sp³-hybridized carbons (Fsp3) is 0.429. The molecule has 1 aromatic heterocycles. The average molecular weight is 369 g/mol. The number of pyridine rings is 1. The van der Waals surface area contributed by atoms with Crippen LogP contribution in [0.4, 0.5) is 10.1 Å². The number of para-hydroxylation sites is 1. The van der Waals surface area contributed by atoms with Crippen LogP contribution in [0.5, 0.6) is 0 Å². The first kappa shape index (κ1) is 19.1. The summed E-state index contributed by atoms with van der Waals surface area (Å²) < 4.78 is 14.0. The van der Waals surface area contributed by atoms with Crippen LogP contribution in [0.1, 0.15) is 18.1 Å². The van der Waals surface area contributed by atoms with E-state index >= 15 is 0 Å². The molecular formula is C21H28FN5. The number of nitrogens with zero attached hydrogens (tertiary/aromatic N) is 4. The zero-order valence-electron chi connectivity index (χ0n) is 16.2. The third-order valence-corrected chi connectivity index (χ3v) is 4.89. The van der Waals surface area contributed by atoms with E-state index in [0.29, 0.717) is 5.69 Å². The van der Waals surface area contributed by atoms with E-state index in [1.807, 2.05) is 24.5 Å². The molecule has 0 bridgehead atoms. The maximum absolute atomic E-state index is 14.0. The Morgan fingerprint density at radius 1 is 1.19 bits per heavy atom. The maximum Gasteiger partial charge on any atom is 0.194 e. The molecule has 0 aliphatic carbocycles. The van der Waals surface area contributed by atoms with Crippen LogP contribution < -0.4 is 10.2 Å². The minimum Gasteiger partial charge on any atom is -0.366 e. The zero-order valence-corrected chi connectivity index (χ0v) is 16.2. The van der Waals surface area contributed by atoms with E-state index in [0.717, 1.165) is 51.6 Å². The number of anilines is 1. The molecule has 1 aliphatic rings. The largest absolute Gasteiger partial charge is 0.366 e. The summed E-state index contributed by atoms with van der Waals surface area (Å²) in [4.78, 5) is 13.3. The second-order valence-corrected chi connectivity index (χ2v) is 6.71. The number of halogens is 1. The van der Waals surface area contributed by atoms with Crippen LogP contribution in [0, 0.1) is 12.7 Å². The fourth-order valence-corrected chi connectivity index (χ4v) is 3.36. The predicted molar refractivity (Wildman–Crippen MR) is 109 cm³/mol. The van der Waals surface area contributed by atoms with Crippen LogP contribution in [0.15, 0.2) is 47.7 Å². The predicted octanol–water partition coefficient (Wildman–Crippen LogP) is 2.86. The summed E-state index contributed by atoms with van der Waals surface area (Å²) in [6, 6.07) is 9.05. The molecule has 0 spiro atoms. The van der Waals surface area contributed by atoms with Crippen LogP contribution in [-0.2, 0) is 6.42 Å². The molecule has 0 radical (unpaired) electrons. The molecule has 144 valence electrons. The van der Waals surface area contributed by atoms with Gasteiger partial charge in [-0.05, 0) is 49.6 Å². The van der Waals surface area contributed by atoms with Crippen molar-refractivity contribution in [3.63, 3.8) is 0 Å². The van der Waals surface area contributed by atoms with Gasteiger partial charge in [0.15, 0.2) is 5.96 Å². The SMILES string of the molecule is CCNC(=NCCc1ccncc1C)N1CCN(c2ccccc2F)CC1. The van der Waals surface area contributed by atoms with Crippen LogP contribution in [-0.4, -0.2) is 55.1 Å². The summed E-state index contributed by atoms with van der Waals surface area (Å²) in [7, 11) is 0. The van der Waals surface area contributed by atoms with Gasteiger partial charge in [-0.15, -0.1) is 0 Å². The van der Waals surface area contributed by atoms with Gasteiger partial charge in [0.2, 0.25) is 0 Å². The van der Waals surface area contributed by atoms with Crippen LogP contribution in [0.3, 0.4) is 0 Å². The quantitative estimate of drug-likeness (QED) is 0.650. The van der Waals surface area contributed by atoms with Gasteiger partial charge in [-0.3, -0.25) is 9.98 Å². The van der Waals surface area contributed by atoms with Gasteiger partial charge in [-0.2, -0.15) is 0 Å². The topological polar surface area (TPSA) is 43.8 Å². The molecule has 1 aromatic carbocycles. The second kappa shape index (κ2) is 9.35. The summed E-state index contributed by atoms with van der Waals surface area (Å²) in [5.41, 5.74) is 3.18. The van der Waals surface area contributed by atoms with Crippen molar-refractivity contribution in [2.75, 3.05) is 44.2 Å². The van der Waals surface area contributed by atoms with Crippen molar-refractivity contribution in [3.8, 4) is 0 Å². The first-order valence-corrected chi connectivity index (χ1v) is 9.61. The van der Waals surface area contributed by atoms with E-state index in [-0.39, 0.29) is 5.82 Å². The molecule has 0 unspecified atom stereocenters. The summed E-state index contributed by atoms with van der Waals surface area (Å²) in [5, 5.41) is 3.39. The number of nitrogens with one attached hydrogen (secondary N) is 1. The molecule has 1 aliphatic heterocycles. The summed E-state index contributed by atoms with van der Waals surface area (Å²) >= 11 is 0. The van der Waals surface area contributed by atoms with Crippen LogP contribution in [0.25, 0.3) is 0 Å². The molecule has 5 nitrogen and oxygen atoms in total. The highest BCUT2D eigenvalue weighted by Crippen LogP contribution is 2.20. The van der Waals surface area contributed by atoms with E-state index in [9.17, 15) is 4.39 Å². The molecule has 0 atom stereocenters. The van der Waals surface area contributed by atoms with Crippen molar-refractivity contribution >= 4 is 11.6 Å². The number of aryl methyl sites for hydroxylation is 1. The lowest BCUT2D eigenvalue weighted by Gasteiger charge is -2.37. The number of hydrogen-bond acceptors (Lipinski definition) is 3. The highest BCUT2D eigenvalue weighted by molar-refractivity contribution is 5.80. The lowest BCUT2D eigenvalue weighted by Crippen LogP contribution is -2.52. The van der Waals surface area contributed by atoms with Gasteiger partial charge in [0.05, 0.1) is 5.69 Å². The number of aliphatic imine (C=N–C) groups is 1. The van der Waals surface area contributed by atoms with Crippen molar-refractivity contribution in [2.24, 2.45) is 4.99 Å². The minimum atomic E-state index is -0.153. The van der Waals surface area contributed by atoms with E-state index in [1.165, 1.54) is 17.2 Å². The van der Waals surface area contributed by atoms with Gasteiger partial charge in [0.25, 0.3) is 0 Å². The number of guanidine groups is 1. The Morgan fingerprint density at radius 2 is 1.96 bits per heavy atom. The van der Waals surface area contributed by atoms with E-state index < -0.39 is 0 Å². The Balaban J connectivity index is 1.59. The molecule has 6 heteroatoms. The number of aromatic nitrogens is 1. The summed E-state index contributed by atoms with van der Waals surface area (Å²) in [6.07, 6.45) is 4.63. The Labute approximate surface area is 160 Å². The number of rotatable bonds is 5. The average Bonchev–Trinajstić information content (AvgIpc) is 2.69. The van der Waals surface area contributed by atoms with Crippen LogP contribution >= 0.6 is 0 Å².